The van der Waals surface area contributed by atoms with E-state index in [1.807, 2.05) is 0 Å². The van der Waals surface area contributed by atoms with Crippen molar-refractivity contribution in [2.24, 2.45) is 0 Å². The van der Waals surface area contributed by atoms with Crippen LogP contribution in [-0.4, -0.2) is 45.1 Å². The Bertz CT molecular complexity index is 696. The van der Waals surface area contributed by atoms with Crippen LogP contribution in [0.2, 0.25) is 5.02 Å². The number of carbonyl (C=O) groups is 1. The first-order chi connectivity index (χ1) is 11.0. The zero-order valence-corrected chi connectivity index (χ0v) is 15.8. The van der Waals surface area contributed by atoms with Crippen LogP contribution >= 0.6 is 11.6 Å². The van der Waals surface area contributed by atoms with E-state index in [1.165, 1.54) is 11.0 Å². The predicted molar refractivity (Wildman–Crippen MR) is 96.3 cm³/mol. The number of ether oxygens (including phenoxy) is 1. The molecule has 24 heavy (non-hydrogen) atoms. The quantitative estimate of drug-likeness (QED) is 0.830. The third-order valence-corrected chi connectivity index (χ3v) is 4.23. The second-order valence-corrected chi connectivity index (χ2v) is 8.22. The van der Waals surface area contributed by atoms with Crippen molar-refractivity contribution < 1.29 is 17.9 Å². The minimum absolute atomic E-state index is 0.0743. The zero-order chi connectivity index (χ0) is 18.4. The molecule has 0 aliphatic heterocycles. The molecule has 0 spiro atoms. The van der Waals surface area contributed by atoms with Crippen molar-refractivity contribution >= 4 is 33.8 Å². The summed E-state index contributed by atoms with van der Waals surface area (Å²) in [4.78, 5) is 13.1. The highest BCUT2D eigenvalue weighted by molar-refractivity contribution is 7.92. The SMILES string of the molecule is CN(CCNS(=O)(=O)/C=C/c1ccccc1Cl)C(=O)OC(C)(C)C. The number of hydrogen-bond donors (Lipinski definition) is 1. The minimum atomic E-state index is -3.62. The van der Waals surface area contributed by atoms with Crippen molar-refractivity contribution in [3.05, 3.63) is 40.3 Å². The van der Waals surface area contributed by atoms with Gasteiger partial charge in [-0.3, -0.25) is 0 Å². The molecule has 0 aliphatic carbocycles. The Morgan fingerprint density at radius 1 is 1.33 bits per heavy atom. The summed E-state index contributed by atoms with van der Waals surface area (Å²) in [5.41, 5.74) is 0.0122. The molecule has 8 heteroatoms. The lowest BCUT2D eigenvalue weighted by atomic mass is 10.2. The van der Waals surface area contributed by atoms with Crippen molar-refractivity contribution in [2.75, 3.05) is 20.1 Å². The monoisotopic (exact) mass is 374 g/mol. The summed E-state index contributed by atoms with van der Waals surface area (Å²) in [6.45, 7) is 5.56. The first-order valence-corrected chi connectivity index (χ1v) is 9.29. The first kappa shape index (κ1) is 20.5. The summed E-state index contributed by atoms with van der Waals surface area (Å²) in [6.07, 6.45) is 0.913. The largest absolute Gasteiger partial charge is 0.444 e. The highest BCUT2D eigenvalue weighted by Gasteiger charge is 2.19. The van der Waals surface area contributed by atoms with E-state index >= 15 is 0 Å². The van der Waals surface area contributed by atoms with Gasteiger partial charge in [0.25, 0.3) is 0 Å². The van der Waals surface area contributed by atoms with Gasteiger partial charge in [-0.1, -0.05) is 29.8 Å². The molecule has 0 aromatic heterocycles. The normalized spacial score (nSPS) is 12.4. The van der Waals surface area contributed by atoms with Crippen LogP contribution in [0.15, 0.2) is 29.7 Å². The number of rotatable bonds is 6. The van der Waals surface area contributed by atoms with Crippen LogP contribution in [0.4, 0.5) is 4.79 Å². The van der Waals surface area contributed by atoms with Gasteiger partial charge in [0.2, 0.25) is 10.0 Å². The molecule has 0 bridgehead atoms. The maximum absolute atomic E-state index is 11.9. The molecule has 1 rings (SSSR count). The van der Waals surface area contributed by atoms with Crippen LogP contribution in [0.3, 0.4) is 0 Å². The van der Waals surface area contributed by atoms with Gasteiger partial charge in [-0.25, -0.2) is 17.9 Å². The van der Waals surface area contributed by atoms with Gasteiger partial charge in [0.15, 0.2) is 0 Å². The maximum atomic E-state index is 11.9. The third kappa shape index (κ3) is 7.81. The molecular formula is C16H23ClN2O4S. The van der Waals surface area contributed by atoms with E-state index in [2.05, 4.69) is 4.72 Å². The molecule has 0 heterocycles. The summed E-state index contributed by atoms with van der Waals surface area (Å²) < 4.78 is 31.4. The van der Waals surface area contributed by atoms with Gasteiger partial charge >= 0.3 is 6.09 Å². The summed E-state index contributed by atoms with van der Waals surface area (Å²) >= 11 is 5.96. The van der Waals surface area contributed by atoms with E-state index in [0.29, 0.717) is 10.6 Å². The molecule has 0 atom stereocenters. The number of halogens is 1. The highest BCUT2D eigenvalue weighted by Crippen LogP contribution is 2.16. The summed E-state index contributed by atoms with van der Waals surface area (Å²) in [7, 11) is -2.08. The second kappa shape index (κ2) is 8.50. The van der Waals surface area contributed by atoms with Gasteiger partial charge in [0, 0.05) is 30.6 Å². The van der Waals surface area contributed by atoms with Crippen LogP contribution in [0.1, 0.15) is 26.3 Å². The van der Waals surface area contributed by atoms with E-state index in [4.69, 9.17) is 16.3 Å². The van der Waals surface area contributed by atoms with E-state index in [1.54, 1.807) is 52.1 Å². The van der Waals surface area contributed by atoms with E-state index < -0.39 is 21.7 Å². The summed E-state index contributed by atoms with van der Waals surface area (Å²) in [5.74, 6) is 0. The Balaban J connectivity index is 2.51. The first-order valence-electron chi connectivity index (χ1n) is 7.36. The molecule has 0 saturated heterocycles. The Labute approximate surface area is 148 Å². The maximum Gasteiger partial charge on any atom is 0.410 e. The molecular weight excluding hydrogens is 352 g/mol. The standard InChI is InChI=1S/C16H23ClN2O4S/c1-16(2,3)23-15(20)19(4)11-10-18-24(21,22)12-9-13-7-5-6-8-14(13)17/h5-9,12,18H,10-11H2,1-4H3/b12-9+. The number of amides is 1. The van der Waals surface area contributed by atoms with Gasteiger partial charge in [0.1, 0.15) is 5.60 Å². The molecule has 1 aromatic rings. The minimum Gasteiger partial charge on any atom is -0.444 e. The highest BCUT2D eigenvalue weighted by atomic mass is 35.5. The molecule has 0 unspecified atom stereocenters. The van der Waals surface area contributed by atoms with Crippen molar-refractivity contribution in [2.45, 2.75) is 26.4 Å². The topological polar surface area (TPSA) is 75.7 Å². The lowest BCUT2D eigenvalue weighted by Crippen LogP contribution is -2.38. The number of nitrogens with zero attached hydrogens (tertiary/aromatic N) is 1. The fourth-order valence-electron chi connectivity index (χ4n) is 1.61. The van der Waals surface area contributed by atoms with Crippen molar-refractivity contribution in [3.8, 4) is 0 Å². The van der Waals surface area contributed by atoms with Crippen molar-refractivity contribution in [1.29, 1.82) is 0 Å². The number of nitrogens with one attached hydrogen (secondary N) is 1. The van der Waals surface area contributed by atoms with Gasteiger partial charge < -0.3 is 9.64 Å². The Morgan fingerprint density at radius 2 is 1.96 bits per heavy atom. The van der Waals surface area contributed by atoms with Gasteiger partial charge in [-0.05, 0) is 38.5 Å². The summed E-state index contributed by atoms with van der Waals surface area (Å²) in [5, 5.41) is 1.51. The lowest BCUT2D eigenvalue weighted by molar-refractivity contribution is 0.0302. The molecule has 0 fully saturated rings. The fourth-order valence-corrected chi connectivity index (χ4v) is 2.60. The Morgan fingerprint density at radius 3 is 2.54 bits per heavy atom. The molecule has 1 N–H and O–H groups in total. The predicted octanol–water partition coefficient (Wildman–Crippen LogP) is 3.10. The average Bonchev–Trinajstić information content (AvgIpc) is 2.44. The summed E-state index contributed by atoms with van der Waals surface area (Å²) in [6, 6.07) is 6.92. The van der Waals surface area contributed by atoms with Gasteiger partial charge in [-0.2, -0.15) is 0 Å². The van der Waals surface area contributed by atoms with Gasteiger partial charge in [0.05, 0.1) is 0 Å². The third-order valence-electron chi connectivity index (χ3n) is 2.79. The van der Waals surface area contributed by atoms with Crippen LogP contribution in [-0.2, 0) is 14.8 Å². The number of carbonyl (C=O) groups excluding carboxylic acids is 1. The molecule has 0 aliphatic rings. The Kier molecular flexibility index (Phi) is 7.26. The van der Waals surface area contributed by atoms with Gasteiger partial charge in [-0.15, -0.1) is 0 Å². The van der Waals surface area contributed by atoms with Crippen LogP contribution in [0.5, 0.6) is 0 Å². The van der Waals surface area contributed by atoms with Crippen molar-refractivity contribution in [1.82, 2.24) is 9.62 Å². The second-order valence-electron chi connectivity index (χ2n) is 6.17. The van der Waals surface area contributed by atoms with E-state index in [9.17, 15) is 13.2 Å². The smallest absolute Gasteiger partial charge is 0.410 e. The number of sulfonamides is 1. The molecule has 1 aromatic carbocycles. The van der Waals surface area contributed by atoms with Crippen LogP contribution < -0.4 is 4.72 Å². The average molecular weight is 375 g/mol. The molecule has 134 valence electrons. The van der Waals surface area contributed by atoms with Crippen LogP contribution in [0.25, 0.3) is 6.08 Å². The van der Waals surface area contributed by atoms with Crippen LogP contribution in [0, 0.1) is 0 Å². The van der Waals surface area contributed by atoms with Crippen molar-refractivity contribution in [3.63, 3.8) is 0 Å². The lowest BCUT2D eigenvalue weighted by Gasteiger charge is -2.24. The Hall–Kier alpha value is -1.57. The zero-order valence-electron chi connectivity index (χ0n) is 14.2. The fraction of sp³-hybridized carbons (Fsp3) is 0.438. The number of hydrogen-bond acceptors (Lipinski definition) is 4. The molecule has 0 saturated carbocycles. The molecule has 6 nitrogen and oxygen atoms in total. The number of benzene rings is 1. The van der Waals surface area contributed by atoms with E-state index in [0.717, 1.165) is 5.41 Å². The molecule has 0 radical (unpaired) electrons. The van der Waals surface area contributed by atoms with E-state index in [-0.39, 0.29) is 13.1 Å². The molecule has 1 amide bonds. The number of likely N-dealkylation sites (N-methyl/N-ethyl adjacent to an activating group) is 1.